The van der Waals surface area contributed by atoms with E-state index in [1.165, 1.54) is 4.90 Å². The highest BCUT2D eigenvalue weighted by Crippen LogP contribution is 2.33. The van der Waals surface area contributed by atoms with E-state index in [2.05, 4.69) is 5.32 Å². The molecule has 5 heteroatoms. The van der Waals surface area contributed by atoms with Crippen LogP contribution in [0.2, 0.25) is 0 Å². The minimum Gasteiger partial charge on any atom is -0.352 e. The Morgan fingerprint density at radius 1 is 1.30 bits per heavy atom. The van der Waals surface area contributed by atoms with Crippen LogP contribution in [-0.2, 0) is 9.59 Å². The highest BCUT2D eigenvalue weighted by molar-refractivity contribution is 6.52. The van der Waals surface area contributed by atoms with Gasteiger partial charge in [0.25, 0.3) is 11.7 Å². The lowest BCUT2D eigenvalue weighted by Gasteiger charge is -2.18. The Labute approximate surface area is 116 Å². The number of Topliss-reactive ketones (excluding diaryl/α,β-unsaturated/α-hetero) is 1. The number of carbonyl (C=O) groups is 3. The molecule has 1 aromatic rings. The number of benzene rings is 1. The molecule has 1 N–H and O–H groups in total. The number of fused-ring (bicyclic) bond motifs is 1. The monoisotopic (exact) mass is 272 g/mol. The molecule has 2 aliphatic rings. The lowest BCUT2D eigenvalue weighted by molar-refractivity contribution is -0.122. The molecule has 0 radical (unpaired) electrons. The van der Waals surface area contributed by atoms with Gasteiger partial charge in [-0.3, -0.25) is 19.3 Å². The first kappa shape index (κ1) is 12.8. The van der Waals surface area contributed by atoms with Gasteiger partial charge in [0.1, 0.15) is 6.54 Å². The second kappa shape index (κ2) is 4.44. The maximum absolute atomic E-state index is 12.1. The lowest BCUT2D eigenvalue weighted by atomic mass is 10.0. The minimum atomic E-state index is -0.611. The Bertz CT molecular complexity index is 632. The molecule has 1 saturated carbocycles. The van der Waals surface area contributed by atoms with Crippen molar-refractivity contribution in [2.24, 2.45) is 0 Å². The van der Waals surface area contributed by atoms with E-state index in [1.54, 1.807) is 6.07 Å². The summed E-state index contributed by atoms with van der Waals surface area (Å²) in [4.78, 5) is 37.2. The van der Waals surface area contributed by atoms with E-state index in [1.807, 2.05) is 19.9 Å². The summed E-state index contributed by atoms with van der Waals surface area (Å²) >= 11 is 0. The van der Waals surface area contributed by atoms with Gasteiger partial charge in [-0.25, -0.2) is 0 Å². The number of hydrogen-bond acceptors (Lipinski definition) is 3. The average molecular weight is 272 g/mol. The Balaban J connectivity index is 1.91. The van der Waals surface area contributed by atoms with Crippen molar-refractivity contribution < 1.29 is 14.4 Å². The van der Waals surface area contributed by atoms with E-state index < -0.39 is 11.7 Å². The Morgan fingerprint density at radius 2 is 2.00 bits per heavy atom. The number of amides is 2. The summed E-state index contributed by atoms with van der Waals surface area (Å²) in [7, 11) is 0. The zero-order valence-corrected chi connectivity index (χ0v) is 11.5. The van der Waals surface area contributed by atoms with Crippen molar-refractivity contribution in [1.29, 1.82) is 0 Å². The van der Waals surface area contributed by atoms with Gasteiger partial charge in [0, 0.05) is 6.04 Å². The molecule has 0 unspecified atom stereocenters. The van der Waals surface area contributed by atoms with Crippen LogP contribution in [0.25, 0.3) is 0 Å². The molecule has 0 saturated heterocycles. The highest BCUT2D eigenvalue weighted by atomic mass is 16.2. The largest absolute Gasteiger partial charge is 0.352 e. The van der Waals surface area contributed by atoms with Crippen LogP contribution < -0.4 is 10.2 Å². The molecule has 20 heavy (non-hydrogen) atoms. The van der Waals surface area contributed by atoms with Crippen LogP contribution in [0, 0.1) is 13.8 Å². The molecule has 0 aromatic heterocycles. The lowest BCUT2D eigenvalue weighted by Crippen LogP contribution is -2.41. The fourth-order valence-corrected chi connectivity index (χ4v) is 2.63. The van der Waals surface area contributed by atoms with Gasteiger partial charge in [-0.2, -0.15) is 0 Å². The first-order valence-corrected chi connectivity index (χ1v) is 6.74. The van der Waals surface area contributed by atoms with E-state index >= 15 is 0 Å². The van der Waals surface area contributed by atoms with Crippen LogP contribution in [0.5, 0.6) is 0 Å². The Kier molecular flexibility index (Phi) is 2.85. The van der Waals surface area contributed by atoms with Gasteiger partial charge in [-0.05, 0) is 43.9 Å². The maximum atomic E-state index is 12.1. The second-order valence-electron chi connectivity index (χ2n) is 5.54. The first-order chi connectivity index (χ1) is 9.47. The Hall–Kier alpha value is -2.17. The van der Waals surface area contributed by atoms with E-state index in [-0.39, 0.29) is 18.5 Å². The molecule has 1 aliphatic carbocycles. The third kappa shape index (κ3) is 2.09. The quantitative estimate of drug-likeness (QED) is 0.838. The predicted molar refractivity (Wildman–Crippen MR) is 73.8 cm³/mol. The zero-order valence-electron chi connectivity index (χ0n) is 11.5. The van der Waals surface area contributed by atoms with Crippen molar-refractivity contribution >= 4 is 23.3 Å². The number of ketones is 1. The van der Waals surface area contributed by atoms with E-state index in [0.717, 1.165) is 24.0 Å². The zero-order chi connectivity index (χ0) is 14.4. The Morgan fingerprint density at radius 3 is 2.65 bits per heavy atom. The molecule has 1 heterocycles. The number of nitrogens with one attached hydrogen (secondary N) is 1. The smallest absolute Gasteiger partial charge is 0.299 e. The standard InChI is InChI=1S/C15H16N2O3/c1-8-5-9(2)13-11(6-8)14(19)15(20)17(13)7-12(18)16-10-3-4-10/h5-6,10H,3-4,7H2,1-2H3,(H,16,18). The molecule has 0 spiro atoms. The van der Waals surface area contributed by atoms with Gasteiger partial charge in [0.2, 0.25) is 5.91 Å². The number of aryl methyl sites for hydroxylation is 2. The first-order valence-electron chi connectivity index (χ1n) is 6.74. The van der Waals surface area contributed by atoms with Crippen LogP contribution in [0.4, 0.5) is 5.69 Å². The normalized spacial score (nSPS) is 17.4. The third-order valence-electron chi connectivity index (χ3n) is 3.64. The molecule has 5 nitrogen and oxygen atoms in total. The SMILES string of the molecule is Cc1cc(C)c2c(c1)C(=O)C(=O)N2CC(=O)NC1CC1. The number of rotatable bonds is 3. The third-order valence-corrected chi connectivity index (χ3v) is 3.64. The van der Waals surface area contributed by atoms with Crippen molar-refractivity contribution in [1.82, 2.24) is 5.32 Å². The van der Waals surface area contributed by atoms with Crippen LogP contribution in [-0.4, -0.2) is 30.2 Å². The number of nitrogens with zero attached hydrogens (tertiary/aromatic N) is 1. The van der Waals surface area contributed by atoms with Crippen LogP contribution >= 0.6 is 0 Å². The minimum absolute atomic E-state index is 0.0853. The van der Waals surface area contributed by atoms with Crippen LogP contribution in [0.3, 0.4) is 0 Å². The summed E-state index contributed by atoms with van der Waals surface area (Å²) in [5, 5.41) is 2.83. The molecule has 0 bridgehead atoms. The molecule has 1 fully saturated rings. The molecular formula is C15H16N2O3. The molecule has 1 aromatic carbocycles. The van der Waals surface area contributed by atoms with Gasteiger partial charge < -0.3 is 5.32 Å². The molecule has 1 aliphatic heterocycles. The molecule has 0 atom stereocenters. The van der Waals surface area contributed by atoms with Crippen molar-refractivity contribution in [2.45, 2.75) is 32.7 Å². The summed E-state index contributed by atoms with van der Waals surface area (Å²) in [6.45, 7) is 3.65. The summed E-state index contributed by atoms with van der Waals surface area (Å²) in [6.07, 6.45) is 1.99. The van der Waals surface area contributed by atoms with E-state index in [4.69, 9.17) is 0 Å². The number of hydrogen-bond donors (Lipinski definition) is 1. The van der Waals surface area contributed by atoms with Crippen molar-refractivity contribution in [3.63, 3.8) is 0 Å². The topological polar surface area (TPSA) is 66.5 Å². The molecule has 104 valence electrons. The highest BCUT2D eigenvalue weighted by Gasteiger charge is 2.38. The predicted octanol–water partition coefficient (Wildman–Crippen LogP) is 1.11. The molecule has 2 amide bonds. The van der Waals surface area contributed by atoms with Gasteiger partial charge in [0.15, 0.2) is 0 Å². The fraction of sp³-hybridized carbons (Fsp3) is 0.400. The van der Waals surface area contributed by atoms with Gasteiger partial charge >= 0.3 is 0 Å². The summed E-state index contributed by atoms with van der Waals surface area (Å²) in [6, 6.07) is 3.87. The van der Waals surface area contributed by atoms with Gasteiger partial charge in [-0.1, -0.05) is 6.07 Å². The fourth-order valence-electron chi connectivity index (χ4n) is 2.63. The van der Waals surface area contributed by atoms with E-state index in [0.29, 0.717) is 11.3 Å². The van der Waals surface area contributed by atoms with Crippen molar-refractivity contribution in [3.05, 3.63) is 28.8 Å². The number of carbonyl (C=O) groups excluding carboxylic acids is 3. The molecular weight excluding hydrogens is 256 g/mol. The van der Waals surface area contributed by atoms with Crippen LogP contribution in [0.15, 0.2) is 12.1 Å². The summed E-state index contributed by atoms with van der Waals surface area (Å²) in [5.41, 5.74) is 2.77. The summed E-state index contributed by atoms with van der Waals surface area (Å²) in [5.74, 6) is -1.34. The summed E-state index contributed by atoms with van der Waals surface area (Å²) < 4.78 is 0. The van der Waals surface area contributed by atoms with Gasteiger partial charge in [-0.15, -0.1) is 0 Å². The van der Waals surface area contributed by atoms with Crippen molar-refractivity contribution in [3.8, 4) is 0 Å². The van der Waals surface area contributed by atoms with E-state index in [9.17, 15) is 14.4 Å². The van der Waals surface area contributed by atoms with Crippen LogP contribution in [0.1, 0.15) is 34.3 Å². The molecule has 3 rings (SSSR count). The maximum Gasteiger partial charge on any atom is 0.299 e. The van der Waals surface area contributed by atoms with Gasteiger partial charge in [0.05, 0.1) is 11.3 Å². The second-order valence-corrected chi connectivity index (χ2v) is 5.54. The van der Waals surface area contributed by atoms with Crippen molar-refractivity contribution in [2.75, 3.05) is 11.4 Å². The number of anilines is 1. The average Bonchev–Trinajstić information content (AvgIpc) is 3.14.